The lowest BCUT2D eigenvalue weighted by molar-refractivity contribution is -0.387. The van der Waals surface area contributed by atoms with E-state index in [-0.39, 0.29) is 12.1 Å². The first-order chi connectivity index (χ1) is 9.56. The standard InChI is InChI=1S/C12H15FN2O5/c1-19-6-7-20-5-4-14-12(16)9-2-3-11(15(17)18)10(13)8-9/h2-3,8H,4-7H2,1H3,(H,14,16). The maximum atomic E-state index is 13.3. The van der Waals surface area contributed by atoms with E-state index in [4.69, 9.17) is 9.47 Å². The molecule has 1 aromatic rings. The third-order valence-electron chi connectivity index (χ3n) is 2.37. The van der Waals surface area contributed by atoms with Crippen LogP contribution in [0.2, 0.25) is 0 Å². The van der Waals surface area contributed by atoms with Gasteiger partial charge in [-0.1, -0.05) is 0 Å². The van der Waals surface area contributed by atoms with Crippen LogP contribution in [0.4, 0.5) is 10.1 Å². The zero-order chi connectivity index (χ0) is 15.0. The Morgan fingerprint density at radius 2 is 2.15 bits per heavy atom. The highest BCUT2D eigenvalue weighted by Crippen LogP contribution is 2.17. The van der Waals surface area contributed by atoms with Crippen LogP contribution in [0.15, 0.2) is 18.2 Å². The number of nitro benzene ring substituents is 1. The molecule has 0 saturated carbocycles. The van der Waals surface area contributed by atoms with Crippen LogP contribution >= 0.6 is 0 Å². The number of amides is 1. The second kappa shape index (κ2) is 8.18. The van der Waals surface area contributed by atoms with Gasteiger partial charge in [0.15, 0.2) is 0 Å². The van der Waals surface area contributed by atoms with Crippen LogP contribution in [0.1, 0.15) is 10.4 Å². The van der Waals surface area contributed by atoms with Gasteiger partial charge in [-0.2, -0.15) is 4.39 Å². The molecule has 20 heavy (non-hydrogen) atoms. The van der Waals surface area contributed by atoms with Crippen LogP contribution < -0.4 is 5.32 Å². The van der Waals surface area contributed by atoms with Crippen molar-refractivity contribution in [3.63, 3.8) is 0 Å². The summed E-state index contributed by atoms with van der Waals surface area (Å²) in [6.45, 7) is 1.42. The summed E-state index contributed by atoms with van der Waals surface area (Å²) >= 11 is 0. The number of halogens is 1. The summed E-state index contributed by atoms with van der Waals surface area (Å²) in [5, 5.41) is 12.9. The Hall–Kier alpha value is -2.06. The molecule has 0 fully saturated rings. The van der Waals surface area contributed by atoms with Gasteiger partial charge < -0.3 is 14.8 Å². The number of nitro groups is 1. The van der Waals surface area contributed by atoms with E-state index in [2.05, 4.69) is 5.32 Å². The largest absolute Gasteiger partial charge is 0.382 e. The number of methoxy groups -OCH3 is 1. The lowest BCUT2D eigenvalue weighted by atomic mass is 10.2. The van der Waals surface area contributed by atoms with E-state index in [0.29, 0.717) is 19.8 Å². The molecular weight excluding hydrogens is 271 g/mol. The normalized spacial score (nSPS) is 10.3. The van der Waals surface area contributed by atoms with Crippen molar-refractivity contribution in [3.8, 4) is 0 Å². The summed E-state index contributed by atoms with van der Waals surface area (Å²) in [6, 6.07) is 2.99. The zero-order valence-corrected chi connectivity index (χ0v) is 10.9. The second-order valence-electron chi connectivity index (χ2n) is 3.78. The molecule has 0 aliphatic heterocycles. The van der Waals surface area contributed by atoms with Crippen molar-refractivity contribution in [1.82, 2.24) is 5.32 Å². The highest BCUT2D eigenvalue weighted by atomic mass is 19.1. The lowest BCUT2D eigenvalue weighted by Gasteiger charge is -2.06. The minimum atomic E-state index is -1.04. The number of carbonyl (C=O) groups is 1. The van der Waals surface area contributed by atoms with Gasteiger partial charge in [-0.3, -0.25) is 14.9 Å². The SMILES string of the molecule is COCCOCCNC(=O)c1ccc([N+](=O)[O-])c(F)c1. The van der Waals surface area contributed by atoms with Crippen molar-refractivity contribution < 1.29 is 23.6 Å². The molecule has 0 heterocycles. The molecule has 7 nitrogen and oxygen atoms in total. The van der Waals surface area contributed by atoms with Gasteiger partial charge in [-0.25, -0.2) is 0 Å². The van der Waals surface area contributed by atoms with Crippen molar-refractivity contribution in [2.75, 3.05) is 33.5 Å². The molecule has 0 radical (unpaired) electrons. The van der Waals surface area contributed by atoms with E-state index in [9.17, 15) is 19.3 Å². The summed E-state index contributed by atoms with van der Waals surface area (Å²) in [6.07, 6.45) is 0. The van der Waals surface area contributed by atoms with E-state index >= 15 is 0 Å². The molecule has 110 valence electrons. The minimum Gasteiger partial charge on any atom is -0.382 e. The monoisotopic (exact) mass is 286 g/mol. The Morgan fingerprint density at radius 3 is 2.75 bits per heavy atom. The number of ether oxygens (including phenoxy) is 2. The Morgan fingerprint density at radius 1 is 1.40 bits per heavy atom. The van der Waals surface area contributed by atoms with Gasteiger partial charge in [-0.15, -0.1) is 0 Å². The number of nitrogens with zero attached hydrogens (tertiary/aromatic N) is 1. The van der Waals surface area contributed by atoms with Gasteiger partial charge in [0, 0.05) is 25.3 Å². The molecule has 0 bridgehead atoms. The van der Waals surface area contributed by atoms with Crippen LogP contribution in [-0.2, 0) is 9.47 Å². The molecule has 1 aromatic carbocycles. The summed E-state index contributed by atoms with van der Waals surface area (Å²) < 4.78 is 23.2. The Labute approximate surface area is 114 Å². The molecule has 0 aromatic heterocycles. The number of hydrogen-bond donors (Lipinski definition) is 1. The molecule has 0 spiro atoms. The highest BCUT2D eigenvalue weighted by Gasteiger charge is 2.16. The van der Waals surface area contributed by atoms with Crippen LogP contribution in [0, 0.1) is 15.9 Å². The first-order valence-corrected chi connectivity index (χ1v) is 5.85. The zero-order valence-electron chi connectivity index (χ0n) is 10.9. The third kappa shape index (κ3) is 4.90. The second-order valence-corrected chi connectivity index (χ2v) is 3.78. The fourth-order valence-electron chi connectivity index (χ4n) is 1.38. The van der Waals surface area contributed by atoms with E-state index in [1.54, 1.807) is 7.11 Å². The first-order valence-electron chi connectivity index (χ1n) is 5.85. The predicted molar refractivity (Wildman–Crippen MR) is 68.1 cm³/mol. The van der Waals surface area contributed by atoms with Crippen LogP contribution in [0.3, 0.4) is 0 Å². The van der Waals surface area contributed by atoms with E-state index in [1.165, 1.54) is 6.07 Å². The quantitative estimate of drug-likeness (QED) is 0.439. The third-order valence-corrected chi connectivity index (χ3v) is 2.37. The smallest absolute Gasteiger partial charge is 0.304 e. The summed E-state index contributed by atoms with van der Waals surface area (Å²) in [5.41, 5.74) is -0.644. The number of nitrogens with one attached hydrogen (secondary N) is 1. The van der Waals surface area contributed by atoms with E-state index < -0.39 is 22.3 Å². The molecule has 1 N–H and O–H groups in total. The molecule has 8 heteroatoms. The molecule has 0 aliphatic rings. The molecule has 0 saturated heterocycles. The van der Waals surface area contributed by atoms with Gasteiger partial charge >= 0.3 is 5.69 Å². The number of hydrogen-bond acceptors (Lipinski definition) is 5. The van der Waals surface area contributed by atoms with Crippen LogP contribution in [0.25, 0.3) is 0 Å². The van der Waals surface area contributed by atoms with Crippen molar-refractivity contribution in [1.29, 1.82) is 0 Å². The molecule has 0 unspecified atom stereocenters. The number of rotatable bonds is 8. The van der Waals surface area contributed by atoms with Gasteiger partial charge in [-0.05, 0) is 12.1 Å². The Kier molecular flexibility index (Phi) is 6.54. The summed E-state index contributed by atoms with van der Waals surface area (Å²) in [5.74, 6) is -1.56. The van der Waals surface area contributed by atoms with Crippen molar-refractivity contribution in [2.45, 2.75) is 0 Å². The van der Waals surface area contributed by atoms with Crippen molar-refractivity contribution in [2.24, 2.45) is 0 Å². The lowest BCUT2D eigenvalue weighted by Crippen LogP contribution is -2.27. The van der Waals surface area contributed by atoms with Gasteiger partial charge in [0.05, 0.1) is 24.7 Å². The van der Waals surface area contributed by atoms with E-state index in [0.717, 1.165) is 12.1 Å². The summed E-state index contributed by atoms with van der Waals surface area (Å²) in [7, 11) is 1.55. The number of benzene rings is 1. The average Bonchev–Trinajstić information content (AvgIpc) is 2.41. The molecule has 1 rings (SSSR count). The first kappa shape index (κ1) is 16.0. The molecule has 1 amide bonds. The molecule has 0 aliphatic carbocycles. The fourth-order valence-corrected chi connectivity index (χ4v) is 1.38. The van der Waals surface area contributed by atoms with Crippen molar-refractivity contribution >= 4 is 11.6 Å². The van der Waals surface area contributed by atoms with Crippen molar-refractivity contribution in [3.05, 3.63) is 39.7 Å². The minimum absolute atomic E-state index is 0.0185. The van der Waals surface area contributed by atoms with Gasteiger partial charge in [0.25, 0.3) is 5.91 Å². The predicted octanol–water partition coefficient (Wildman–Crippen LogP) is 1.13. The maximum absolute atomic E-state index is 13.3. The van der Waals surface area contributed by atoms with Crippen LogP contribution in [-0.4, -0.2) is 44.3 Å². The van der Waals surface area contributed by atoms with Crippen LogP contribution in [0.5, 0.6) is 0 Å². The van der Waals surface area contributed by atoms with E-state index in [1.807, 2.05) is 0 Å². The average molecular weight is 286 g/mol. The van der Waals surface area contributed by atoms with Gasteiger partial charge in [0.2, 0.25) is 5.82 Å². The number of carbonyl (C=O) groups excluding carboxylic acids is 1. The maximum Gasteiger partial charge on any atom is 0.304 e. The fraction of sp³-hybridized carbons (Fsp3) is 0.417. The summed E-state index contributed by atoms with van der Waals surface area (Å²) in [4.78, 5) is 21.2. The van der Waals surface area contributed by atoms with Gasteiger partial charge in [0.1, 0.15) is 0 Å². The molecule has 0 atom stereocenters. The Balaban J connectivity index is 2.44. The highest BCUT2D eigenvalue weighted by molar-refractivity contribution is 5.94. The Bertz CT molecular complexity index is 481. The molecular formula is C12H15FN2O5. The topological polar surface area (TPSA) is 90.7 Å².